The van der Waals surface area contributed by atoms with Crippen molar-refractivity contribution in [2.45, 2.75) is 0 Å². The smallest absolute Gasteiger partial charge is 0.281 e. The van der Waals surface area contributed by atoms with E-state index in [0.717, 1.165) is 11.9 Å². The van der Waals surface area contributed by atoms with Crippen LogP contribution in [0.2, 0.25) is 0 Å². The number of rotatable bonds is 0. The molecule has 0 radical (unpaired) electrons. The second-order valence-corrected chi connectivity index (χ2v) is 1.27. The summed E-state index contributed by atoms with van der Waals surface area (Å²) in [5, 5.41) is 0.0833. The van der Waals surface area contributed by atoms with E-state index in [2.05, 4.69) is 4.72 Å². The van der Waals surface area contributed by atoms with Crippen LogP contribution in [0.4, 0.5) is 4.79 Å². The summed E-state index contributed by atoms with van der Waals surface area (Å²) < 4.78 is 2.38. The largest absolute Gasteiger partial charge is 0.309 e. The maximum atomic E-state index is 9.41. The Balaban J connectivity index is 2.60. The Kier molecular flexibility index (Phi) is 0.209. The minimum atomic E-state index is 0.0833. The van der Waals surface area contributed by atoms with E-state index in [1.807, 2.05) is 0 Å². The number of carbonyl (C=O) groups excluding carboxylic acids is 1. The molecule has 1 aliphatic rings. The Morgan fingerprint density at radius 1 is 2.00 bits per heavy atom. The summed E-state index contributed by atoms with van der Waals surface area (Å²) in [6, 6.07) is 0. The normalized spacial score (nSPS) is 19.5. The van der Waals surface area contributed by atoms with Crippen LogP contribution in [0.3, 0.4) is 0 Å². The van der Waals surface area contributed by atoms with E-state index < -0.39 is 0 Å². The van der Waals surface area contributed by atoms with Gasteiger partial charge < -0.3 is 0 Å². The molecule has 1 N–H and O–H groups in total. The standard InChI is InChI=1S/CHNOS/c3-1-2-4-1/h(H,2,3). The summed E-state index contributed by atoms with van der Waals surface area (Å²) in [5.74, 6) is 0. The third kappa shape index (κ3) is 0.154. The van der Waals surface area contributed by atoms with Crippen LogP contribution in [0, 0.1) is 0 Å². The average Bonchev–Trinajstić information content (AvgIpc) is 1.75. The number of amides is 1. The van der Waals surface area contributed by atoms with Crippen molar-refractivity contribution in [3.05, 3.63) is 0 Å². The molecule has 0 spiro atoms. The van der Waals surface area contributed by atoms with Crippen molar-refractivity contribution in [3.63, 3.8) is 0 Å². The van der Waals surface area contributed by atoms with Crippen molar-refractivity contribution >= 4 is 17.2 Å². The Morgan fingerprint density at radius 2 is 2.25 bits per heavy atom. The van der Waals surface area contributed by atoms with Gasteiger partial charge in [-0.1, -0.05) is 0 Å². The molecule has 2 nitrogen and oxygen atoms in total. The molecule has 22 valence electrons. The van der Waals surface area contributed by atoms with Gasteiger partial charge in [0.2, 0.25) is 0 Å². The lowest BCUT2D eigenvalue weighted by Gasteiger charge is -1.24. The van der Waals surface area contributed by atoms with Gasteiger partial charge in [-0.25, -0.2) is 0 Å². The molecule has 0 saturated carbocycles. The minimum Gasteiger partial charge on any atom is -0.281 e. The van der Waals surface area contributed by atoms with Crippen LogP contribution in [-0.4, -0.2) is 5.24 Å². The molecule has 3 heteroatoms. The quantitative estimate of drug-likeness (QED) is 0.333. The molecule has 4 heavy (non-hydrogen) atoms. The predicted molar refractivity (Wildman–Crippen MR) is 16.1 cm³/mol. The van der Waals surface area contributed by atoms with E-state index in [4.69, 9.17) is 0 Å². The van der Waals surface area contributed by atoms with Gasteiger partial charge in [0, 0.05) is 0 Å². The van der Waals surface area contributed by atoms with Crippen LogP contribution in [0.5, 0.6) is 0 Å². The highest BCUT2D eigenvalue weighted by Crippen LogP contribution is 2.09. The van der Waals surface area contributed by atoms with Gasteiger partial charge >= 0.3 is 5.24 Å². The molecule has 1 fully saturated rings. The lowest BCUT2D eigenvalue weighted by molar-refractivity contribution is 0.270. The molecule has 1 amide bonds. The van der Waals surface area contributed by atoms with Crippen LogP contribution < -0.4 is 4.72 Å². The molecule has 0 unspecified atom stereocenters. The van der Waals surface area contributed by atoms with Crippen molar-refractivity contribution in [1.29, 1.82) is 0 Å². The van der Waals surface area contributed by atoms with Crippen molar-refractivity contribution < 1.29 is 4.79 Å². The van der Waals surface area contributed by atoms with E-state index in [1.54, 1.807) is 0 Å². The fourth-order valence-corrected chi connectivity index (χ4v) is 0.0625. The topological polar surface area (TPSA) is 39.0 Å². The third-order valence-electron chi connectivity index (χ3n) is 0.185. The summed E-state index contributed by atoms with van der Waals surface area (Å²) >= 11 is 1.13. The van der Waals surface area contributed by atoms with Crippen LogP contribution >= 0.6 is 11.9 Å². The summed E-state index contributed by atoms with van der Waals surface area (Å²) in [7, 11) is 0. The first-order valence-electron chi connectivity index (χ1n) is 0.862. The van der Waals surface area contributed by atoms with E-state index in [0.29, 0.717) is 0 Å². The predicted octanol–water partition coefficient (Wildman–Crippen LogP) is 0.358. The van der Waals surface area contributed by atoms with E-state index in [1.165, 1.54) is 0 Å². The van der Waals surface area contributed by atoms with Crippen molar-refractivity contribution in [1.82, 2.24) is 4.72 Å². The van der Waals surface area contributed by atoms with E-state index in [-0.39, 0.29) is 5.24 Å². The Morgan fingerprint density at radius 3 is 2.25 bits per heavy atom. The van der Waals surface area contributed by atoms with Gasteiger partial charge in [-0.05, 0) is 0 Å². The second kappa shape index (κ2) is 0.402. The van der Waals surface area contributed by atoms with Gasteiger partial charge in [0.15, 0.2) is 0 Å². The Labute approximate surface area is 27.7 Å². The first-order valence-corrected chi connectivity index (χ1v) is 1.68. The molecular weight excluding hydrogens is 74.1 g/mol. The van der Waals surface area contributed by atoms with Gasteiger partial charge in [0.25, 0.3) is 0 Å². The number of carbonyl (C=O) groups is 1. The Hall–Kier alpha value is -0.180. The van der Waals surface area contributed by atoms with Crippen LogP contribution in [-0.2, 0) is 0 Å². The molecule has 1 aliphatic heterocycles. The van der Waals surface area contributed by atoms with Gasteiger partial charge in [0.1, 0.15) is 0 Å². The van der Waals surface area contributed by atoms with E-state index in [9.17, 15) is 4.79 Å². The SMILES string of the molecule is O=C1NS1. The van der Waals surface area contributed by atoms with Gasteiger partial charge in [-0.3, -0.25) is 9.52 Å². The lowest BCUT2D eigenvalue weighted by atomic mass is 11.5. The molecule has 0 aromatic rings. The van der Waals surface area contributed by atoms with Gasteiger partial charge in [-0.15, -0.1) is 0 Å². The Bertz CT molecular complexity index is 46.0. The zero-order chi connectivity index (χ0) is 2.99. The minimum absolute atomic E-state index is 0.0833. The maximum Gasteiger partial charge on any atom is 0.309 e. The second-order valence-electron chi connectivity index (χ2n) is 0.492. The molecule has 0 aliphatic carbocycles. The maximum absolute atomic E-state index is 9.41. The van der Waals surface area contributed by atoms with Crippen LogP contribution in [0.25, 0.3) is 0 Å². The van der Waals surface area contributed by atoms with Gasteiger partial charge in [-0.2, -0.15) is 0 Å². The first-order chi connectivity index (χ1) is 1.89. The molecule has 0 aromatic carbocycles. The fourth-order valence-electron chi connectivity index (χ4n) is 0.0208. The van der Waals surface area contributed by atoms with Crippen LogP contribution in [0.15, 0.2) is 0 Å². The highest BCUT2D eigenvalue weighted by molar-refractivity contribution is 8.21. The van der Waals surface area contributed by atoms with Crippen molar-refractivity contribution in [2.75, 3.05) is 0 Å². The van der Waals surface area contributed by atoms with Crippen molar-refractivity contribution in [3.8, 4) is 0 Å². The number of hydrogen-bond donors (Lipinski definition) is 1. The molecule has 0 bridgehead atoms. The lowest BCUT2D eigenvalue weighted by Crippen LogP contribution is -1.62. The summed E-state index contributed by atoms with van der Waals surface area (Å²) in [4.78, 5) is 9.41. The third-order valence-corrected chi connectivity index (χ3v) is 0.556. The summed E-state index contributed by atoms with van der Waals surface area (Å²) in [6.45, 7) is 0. The van der Waals surface area contributed by atoms with E-state index >= 15 is 0 Å². The molecule has 0 aromatic heterocycles. The molecule has 1 rings (SSSR count). The molecule has 1 heterocycles. The number of hydrogen-bond acceptors (Lipinski definition) is 2. The summed E-state index contributed by atoms with van der Waals surface area (Å²) in [5.41, 5.74) is 0. The molecule has 0 atom stereocenters. The molecular formula is CHNOS. The number of nitrogens with one attached hydrogen (secondary N) is 1. The average molecular weight is 75.1 g/mol. The zero-order valence-corrected chi connectivity index (χ0v) is 2.63. The van der Waals surface area contributed by atoms with Crippen LogP contribution in [0.1, 0.15) is 0 Å². The zero-order valence-electron chi connectivity index (χ0n) is 1.82. The highest BCUT2D eigenvalue weighted by Gasteiger charge is 2.13. The molecule has 1 saturated heterocycles. The first kappa shape index (κ1) is 2.08. The monoisotopic (exact) mass is 75.0 g/mol. The fraction of sp³-hybridized carbons (Fsp3) is 0. The summed E-state index contributed by atoms with van der Waals surface area (Å²) in [6.07, 6.45) is 0. The highest BCUT2D eigenvalue weighted by atomic mass is 32.2. The van der Waals surface area contributed by atoms with Gasteiger partial charge in [0.05, 0.1) is 11.9 Å². The van der Waals surface area contributed by atoms with Crippen molar-refractivity contribution in [2.24, 2.45) is 0 Å².